The lowest BCUT2D eigenvalue weighted by molar-refractivity contribution is 0.290. The van der Waals surface area contributed by atoms with E-state index in [4.69, 9.17) is 4.74 Å². The molecule has 0 atom stereocenters. The van der Waals surface area contributed by atoms with Crippen molar-refractivity contribution in [2.45, 2.75) is 71.1 Å². The Labute approximate surface area is 128 Å². The van der Waals surface area contributed by atoms with Crippen LogP contribution in [0.3, 0.4) is 0 Å². The maximum absolute atomic E-state index is 5.91. The number of nitrogens with zero attached hydrogens (tertiary/aromatic N) is 2. The molecule has 21 heavy (non-hydrogen) atoms. The Morgan fingerprint density at radius 3 is 2.48 bits per heavy atom. The third-order valence-electron chi connectivity index (χ3n) is 4.03. The molecule has 0 amide bonds. The van der Waals surface area contributed by atoms with Crippen LogP contribution in [0.4, 0.5) is 5.82 Å². The minimum absolute atomic E-state index is 0.550. The molecule has 0 unspecified atom stereocenters. The maximum atomic E-state index is 5.91. The Kier molecular flexibility index (Phi) is 6.27. The molecule has 1 aliphatic carbocycles. The zero-order valence-electron chi connectivity index (χ0n) is 13.7. The molecule has 0 spiro atoms. The summed E-state index contributed by atoms with van der Waals surface area (Å²) in [6.07, 6.45) is 10.1. The highest BCUT2D eigenvalue weighted by atomic mass is 16.5. The number of anilines is 1. The van der Waals surface area contributed by atoms with E-state index in [1.54, 1.807) is 0 Å². The Balaban J connectivity index is 1.82. The van der Waals surface area contributed by atoms with Gasteiger partial charge in [0, 0.05) is 13.0 Å². The van der Waals surface area contributed by atoms with Crippen LogP contribution < -0.4 is 10.1 Å². The highest BCUT2D eigenvalue weighted by molar-refractivity contribution is 5.48. The molecule has 1 aromatic heterocycles. The van der Waals surface area contributed by atoms with E-state index in [9.17, 15) is 0 Å². The van der Waals surface area contributed by atoms with Crippen LogP contribution in [0.2, 0.25) is 0 Å². The number of unbranched alkanes of at least 4 members (excludes halogenated alkanes) is 5. The fourth-order valence-corrected chi connectivity index (χ4v) is 2.47. The molecular weight excluding hydrogens is 262 g/mol. The van der Waals surface area contributed by atoms with Crippen molar-refractivity contribution < 1.29 is 4.74 Å². The van der Waals surface area contributed by atoms with E-state index in [0.29, 0.717) is 5.92 Å². The van der Waals surface area contributed by atoms with E-state index >= 15 is 0 Å². The molecule has 1 fully saturated rings. The number of aromatic nitrogens is 2. The molecule has 0 aliphatic heterocycles. The summed E-state index contributed by atoms with van der Waals surface area (Å²) < 4.78 is 5.91. The van der Waals surface area contributed by atoms with Crippen LogP contribution >= 0.6 is 0 Å². The highest BCUT2D eigenvalue weighted by Gasteiger charge is 2.28. The van der Waals surface area contributed by atoms with Gasteiger partial charge in [-0.15, -0.1) is 0 Å². The molecule has 0 radical (unpaired) electrons. The molecule has 1 heterocycles. The minimum Gasteiger partial charge on any atom is -0.477 e. The average molecular weight is 291 g/mol. The molecule has 1 N–H and O–H groups in total. The van der Waals surface area contributed by atoms with Crippen LogP contribution in [0.5, 0.6) is 5.88 Å². The van der Waals surface area contributed by atoms with Gasteiger partial charge in [0.1, 0.15) is 11.6 Å². The van der Waals surface area contributed by atoms with Crippen molar-refractivity contribution in [3.05, 3.63) is 11.4 Å². The topological polar surface area (TPSA) is 47.0 Å². The first-order valence-electron chi connectivity index (χ1n) is 8.45. The lowest BCUT2D eigenvalue weighted by Gasteiger charge is -2.13. The van der Waals surface area contributed by atoms with Crippen LogP contribution in [0.1, 0.15) is 75.6 Å². The Hall–Kier alpha value is -1.32. The predicted molar refractivity (Wildman–Crippen MR) is 87.2 cm³/mol. The SMILES string of the molecule is CCCCCCCCOc1nc(C2CC2)nc(NC)c1C. The van der Waals surface area contributed by atoms with Gasteiger partial charge in [-0.2, -0.15) is 4.98 Å². The van der Waals surface area contributed by atoms with E-state index in [-0.39, 0.29) is 0 Å². The summed E-state index contributed by atoms with van der Waals surface area (Å²) in [7, 11) is 1.91. The maximum Gasteiger partial charge on any atom is 0.221 e. The first-order valence-corrected chi connectivity index (χ1v) is 8.45. The fraction of sp³-hybridized carbons (Fsp3) is 0.765. The predicted octanol–water partition coefficient (Wildman–Crippen LogP) is 4.44. The van der Waals surface area contributed by atoms with Crippen LogP contribution in [0, 0.1) is 6.92 Å². The molecule has 1 aromatic rings. The fourth-order valence-electron chi connectivity index (χ4n) is 2.47. The standard InChI is InChI=1S/C17H29N3O/c1-4-5-6-7-8-9-12-21-17-13(2)15(18-3)19-16(20-17)14-10-11-14/h14H,4-12H2,1-3H3,(H,18,19,20). The van der Waals surface area contributed by atoms with Crippen LogP contribution in [0.15, 0.2) is 0 Å². The third kappa shape index (κ3) is 4.87. The van der Waals surface area contributed by atoms with Crippen molar-refractivity contribution in [2.24, 2.45) is 0 Å². The molecule has 4 nitrogen and oxygen atoms in total. The number of hydrogen-bond donors (Lipinski definition) is 1. The second kappa shape index (κ2) is 8.20. The summed E-state index contributed by atoms with van der Waals surface area (Å²) >= 11 is 0. The van der Waals surface area contributed by atoms with E-state index in [2.05, 4.69) is 22.2 Å². The number of hydrogen-bond acceptors (Lipinski definition) is 4. The van der Waals surface area contributed by atoms with Gasteiger partial charge in [-0.1, -0.05) is 39.0 Å². The van der Waals surface area contributed by atoms with E-state index in [1.165, 1.54) is 44.9 Å². The average Bonchev–Trinajstić information content (AvgIpc) is 3.32. The first kappa shape index (κ1) is 16.1. The van der Waals surface area contributed by atoms with Gasteiger partial charge in [-0.3, -0.25) is 0 Å². The zero-order chi connectivity index (χ0) is 15.1. The van der Waals surface area contributed by atoms with Gasteiger partial charge in [-0.05, 0) is 26.2 Å². The summed E-state index contributed by atoms with van der Waals surface area (Å²) in [5, 5.41) is 3.15. The second-order valence-corrected chi connectivity index (χ2v) is 6.00. The molecule has 1 saturated carbocycles. The molecule has 2 rings (SSSR count). The van der Waals surface area contributed by atoms with Gasteiger partial charge in [-0.25, -0.2) is 4.98 Å². The number of nitrogens with one attached hydrogen (secondary N) is 1. The van der Waals surface area contributed by atoms with Crippen molar-refractivity contribution in [3.8, 4) is 5.88 Å². The van der Waals surface area contributed by atoms with E-state index < -0.39 is 0 Å². The largest absolute Gasteiger partial charge is 0.477 e. The van der Waals surface area contributed by atoms with Crippen molar-refractivity contribution >= 4 is 5.82 Å². The Morgan fingerprint density at radius 2 is 1.81 bits per heavy atom. The van der Waals surface area contributed by atoms with Gasteiger partial charge < -0.3 is 10.1 Å². The van der Waals surface area contributed by atoms with Crippen molar-refractivity contribution in [3.63, 3.8) is 0 Å². The molecule has 0 aromatic carbocycles. The lowest BCUT2D eigenvalue weighted by atomic mass is 10.1. The van der Waals surface area contributed by atoms with Crippen LogP contribution in [-0.4, -0.2) is 23.6 Å². The summed E-state index contributed by atoms with van der Waals surface area (Å²) in [6.45, 7) is 5.04. The van der Waals surface area contributed by atoms with Crippen molar-refractivity contribution in [2.75, 3.05) is 19.0 Å². The quantitative estimate of drug-likeness (QED) is 0.647. The van der Waals surface area contributed by atoms with Crippen LogP contribution in [-0.2, 0) is 0 Å². The molecule has 4 heteroatoms. The van der Waals surface area contributed by atoms with Gasteiger partial charge in [0.05, 0.1) is 12.2 Å². The van der Waals surface area contributed by atoms with E-state index in [0.717, 1.165) is 36.1 Å². The summed E-state index contributed by atoms with van der Waals surface area (Å²) in [5.74, 6) is 3.17. The van der Waals surface area contributed by atoms with Crippen LogP contribution in [0.25, 0.3) is 0 Å². The summed E-state index contributed by atoms with van der Waals surface area (Å²) in [5.41, 5.74) is 1.02. The molecule has 1 aliphatic rings. The highest BCUT2D eigenvalue weighted by Crippen LogP contribution is 2.39. The van der Waals surface area contributed by atoms with E-state index in [1.807, 2.05) is 14.0 Å². The minimum atomic E-state index is 0.550. The van der Waals surface area contributed by atoms with Crippen molar-refractivity contribution in [1.82, 2.24) is 9.97 Å². The Morgan fingerprint density at radius 1 is 1.10 bits per heavy atom. The van der Waals surface area contributed by atoms with Gasteiger partial charge >= 0.3 is 0 Å². The van der Waals surface area contributed by atoms with Crippen molar-refractivity contribution in [1.29, 1.82) is 0 Å². The smallest absolute Gasteiger partial charge is 0.221 e. The monoisotopic (exact) mass is 291 g/mol. The Bertz CT molecular complexity index is 444. The molecule has 118 valence electrons. The second-order valence-electron chi connectivity index (χ2n) is 6.00. The number of ether oxygens (including phenoxy) is 1. The molecular formula is C17H29N3O. The lowest BCUT2D eigenvalue weighted by Crippen LogP contribution is -2.07. The van der Waals surface area contributed by atoms with Gasteiger partial charge in [0.25, 0.3) is 0 Å². The third-order valence-corrected chi connectivity index (χ3v) is 4.03. The first-order chi connectivity index (χ1) is 10.3. The normalized spacial score (nSPS) is 14.2. The molecule has 0 bridgehead atoms. The van der Waals surface area contributed by atoms with Gasteiger partial charge in [0.15, 0.2) is 0 Å². The summed E-state index contributed by atoms with van der Waals surface area (Å²) in [6, 6.07) is 0. The zero-order valence-corrected chi connectivity index (χ0v) is 13.7. The molecule has 0 saturated heterocycles. The van der Waals surface area contributed by atoms with Gasteiger partial charge in [0.2, 0.25) is 5.88 Å². The summed E-state index contributed by atoms with van der Waals surface area (Å²) in [4.78, 5) is 9.21. The number of rotatable bonds is 10.